The lowest BCUT2D eigenvalue weighted by Gasteiger charge is -2.05. The first kappa shape index (κ1) is 12.1. The number of benzene rings is 1. The van der Waals surface area contributed by atoms with E-state index in [1.54, 1.807) is 12.1 Å². The van der Waals surface area contributed by atoms with E-state index < -0.39 is 10.0 Å². The molecule has 1 aromatic carbocycles. The van der Waals surface area contributed by atoms with Gasteiger partial charge in [0.2, 0.25) is 0 Å². The van der Waals surface area contributed by atoms with E-state index in [0.717, 1.165) is 4.47 Å². The van der Waals surface area contributed by atoms with Crippen molar-refractivity contribution in [3.63, 3.8) is 0 Å². The third-order valence-electron chi connectivity index (χ3n) is 2.15. The van der Waals surface area contributed by atoms with E-state index in [1.807, 2.05) is 12.1 Å². The summed E-state index contributed by atoms with van der Waals surface area (Å²) in [6.07, 6.45) is 1.21. The lowest BCUT2D eigenvalue weighted by molar-refractivity contribution is 0.357. The molecule has 1 heterocycles. The molecule has 0 amide bonds. The maximum absolute atomic E-state index is 11.2. The van der Waals surface area contributed by atoms with Crippen molar-refractivity contribution in [2.75, 3.05) is 6.61 Å². The first-order chi connectivity index (χ1) is 7.99. The highest BCUT2D eigenvalue weighted by atomic mass is 79.9. The molecule has 1 aliphatic heterocycles. The topological polar surface area (TPSA) is 81.8 Å². The molecule has 90 valence electrons. The summed E-state index contributed by atoms with van der Waals surface area (Å²) in [7, 11) is -3.65. The number of sulfonamides is 1. The van der Waals surface area contributed by atoms with Crippen molar-refractivity contribution >= 4 is 32.2 Å². The summed E-state index contributed by atoms with van der Waals surface area (Å²) in [5.41, 5.74) is 5.79. The Balaban J connectivity index is 2.08. The molecule has 0 saturated carbocycles. The van der Waals surface area contributed by atoms with Gasteiger partial charge in [0.1, 0.15) is 12.4 Å². The number of nitrogens with two attached hydrogens (primary N) is 1. The van der Waals surface area contributed by atoms with Crippen LogP contribution in [-0.2, 0) is 10.0 Å². The smallest absolute Gasteiger partial charge is 0.297 e. The standard InChI is InChI=1S/C10H9BrN2O3S/c11-8-1-3-9(4-2-8)16-6-7-5-13-17(14,15)10(7)12/h1-5H,6,12H2. The van der Waals surface area contributed by atoms with Crippen LogP contribution in [0.2, 0.25) is 0 Å². The van der Waals surface area contributed by atoms with Gasteiger partial charge in [0.05, 0.1) is 6.21 Å². The van der Waals surface area contributed by atoms with Gasteiger partial charge < -0.3 is 10.5 Å². The summed E-state index contributed by atoms with van der Waals surface area (Å²) in [6.45, 7) is 0.0796. The molecule has 0 aromatic heterocycles. The molecular formula is C10H9BrN2O3S. The molecule has 5 nitrogen and oxygen atoms in total. The van der Waals surface area contributed by atoms with Crippen LogP contribution < -0.4 is 10.5 Å². The molecular weight excluding hydrogens is 308 g/mol. The van der Waals surface area contributed by atoms with Gasteiger partial charge in [-0.3, -0.25) is 0 Å². The monoisotopic (exact) mass is 316 g/mol. The molecule has 17 heavy (non-hydrogen) atoms. The molecule has 2 rings (SSSR count). The molecule has 0 saturated heterocycles. The second-order valence-electron chi connectivity index (χ2n) is 3.34. The fraction of sp³-hybridized carbons (Fsp3) is 0.100. The Kier molecular flexibility index (Phi) is 3.21. The molecule has 1 aliphatic rings. The molecule has 0 radical (unpaired) electrons. The summed E-state index contributed by atoms with van der Waals surface area (Å²) >= 11 is 3.30. The summed E-state index contributed by atoms with van der Waals surface area (Å²) in [5, 5.41) is -0.241. The van der Waals surface area contributed by atoms with Gasteiger partial charge in [0.25, 0.3) is 10.0 Å². The van der Waals surface area contributed by atoms with E-state index >= 15 is 0 Å². The van der Waals surface area contributed by atoms with Gasteiger partial charge in [0, 0.05) is 10.0 Å². The molecule has 0 unspecified atom stereocenters. The van der Waals surface area contributed by atoms with Crippen molar-refractivity contribution in [3.05, 3.63) is 39.3 Å². The predicted octanol–water partition coefficient (Wildman–Crippen LogP) is 1.41. The summed E-state index contributed by atoms with van der Waals surface area (Å²) in [5.74, 6) is 0.631. The molecule has 0 atom stereocenters. The second-order valence-corrected chi connectivity index (χ2v) is 5.86. The number of rotatable bonds is 3. The highest BCUT2D eigenvalue weighted by Crippen LogP contribution is 2.19. The zero-order chi connectivity index (χ0) is 12.5. The lowest BCUT2D eigenvalue weighted by atomic mass is 10.3. The third kappa shape index (κ3) is 2.67. The van der Waals surface area contributed by atoms with Gasteiger partial charge in [-0.1, -0.05) is 15.9 Å². The van der Waals surface area contributed by atoms with E-state index in [-0.39, 0.29) is 11.6 Å². The van der Waals surface area contributed by atoms with Crippen LogP contribution in [0.3, 0.4) is 0 Å². The van der Waals surface area contributed by atoms with Gasteiger partial charge in [0.15, 0.2) is 5.03 Å². The Bertz CT molecular complexity index is 590. The van der Waals surface area contributed by atoms with Crippen LogP contribution in [0.25, 0.3) is 0 Å². The Hall–Kier alpha value is -1.34. The first-order valence-corrected chi connectivity index (χ1v) is 6.90. The molecule has 0 spiro atoms. The number of ether oxygens (including phenoxy) is 1. The van der Waals surface area contributed by atoms with Crippen LogP contribution >= 0.6 is 15.9 Å². The molecule has 7 heteroatoms. The quantitative estimate of drug-likeness (QED) is 0.914. The van der Waals surface area contributed by atoms with E-state index in [0.29, 0.717) is 11.3 Å². The van der Waals surface area contributed by atoms with Gasteiger partial charge in [-0.15, -0.1) is 0 Å². The number of halogens is 1. The van der Waals surface area contributed by atoms with Crippen molar-refractivity contribution in [3.8, 4) is 5.75 Å². The van der Waals surface area contributed by atoms with Crippen LogP contribution in [0.15, 0.2) is 43.7 Å². The van der Waals surface area contributed by atoms with Gasteiger partial charge in [-0.25, -0.2) is 0 Å². The maximum Gasteiger partial charge on any atom is 0.297 e. The number of hydrogen-bond donors (Lipinski definition) is 1. The minimum absolute atomic E-state index is 0.0796. The van der Waals surface area contributed by atoms with Crippen molar-refractivity contribution < 1.29 is 13.2 Å². The molecule has 1 aromatic rings. The fourth-order valence-corrected chi connectivity index (χ4v) is 2.31. The number of nitrogens with zero attached hydrogens (tertiary/aromatic N) is 1. The van der Waals surface area contributed by atoms with E-state index in [4.69, 9.17) is 10.5 Å². The molecule has 2 N–H and O–H groups in total. The Morgan fingerprint density at radius 2 is 1.94 bits per heavy atom. The van der Waals surface area contributed by atoms with Crippen LogP contribution in [0.4, 0.5) is 0 Å². The highest BCUT2D eigenvalue weighted by Gasteiger charge is 2.22. The van der Waals surface area contributed by atoms with Gasteiger partial charge >= 0.3 is 0 Å². The van der Waals surface area contributed by atoms with Crippen LogP contribution in [0.5, 0.6) is 5.75 Å². The maximum atomic E-state index is 11.2. The Labute approximate surface area is 107 Å². The predicted molar refractivity (Wildman–Crippen MR) is 68.3 cm³/mol. The minimum Gasteiger partial charge on any atom is -0.489 e. The zero-order valence-corrected chi connectivity index (χ0v) is 11.0. The van der Waals surface area contributed by atoms with E-state index in [2.05, 4.69) is 20.3 Å². The molecule has 0 fully saturated rings. The zero-order valence-electron chi connectivity index (χ0n) is 8.63. The SMILES string of the molecule is NC1=C(COc2ccc(Br)cc2)C=NS1(=O)=O. The second kappa shape index (κ2) is 4.50. The lowest BCUT2D eigenvalue weighted by Crippen LogP contribution is -2.11. The summed E-state index contributed by atoms with van der Waals surface area (Å²) < 4.78 is 32.0. The van der Waals surface area contributed by atoms with E-state index in [9.17, 15) is 8.42 Å². The van der Waals surface area contributed by atoms with Crippen molar-refractivity contribution in [2.45, 2.75) is 0 Å². The number of hydrogen-bond acceptors (Lipinski definition) is 4. The van der Waals surface area contributed by atoms with E-state index in [1.165, 1.54) is 6.21 Å². The van der Waals surface area contributed by atoms with Gasteiger partial charge in [-0.2, -0.15) is 12.8 Å². The van der Waals surface area contributed by atoms with Crippen LogP contribution in [0, 0.1) is 0 Å². The summed E-state index contributed by atoms with van der Waals surface area (Å²) in [4.78, 5) is 0. The van der Waals surface area contributed by atoms with Crippen molar-refractivity contribution in [2.24, 2.45) is 10.1 Å². The average Bonchev–Trinajstić information content (AvgIpc) is 2.55. The fourth-order valence-electron chi connectivity index (χ4n) is 1.22. The minimum atomic E-state index is -3.65. The van der Waals surface area contributed by atoms with Crippen LogP contribution in [0.1, 0.15) is 0 Å². The summed E-state index contributed by atoms with van der Waals surface area (Å²) in [6, 6.07) is 7.18. The van der Waals surface area contributed by atoms with Gasteiger partial charge in [-0.05, 0) is 24.3 Å². The normalized spacial score (nSPS) is 17.5. The average molecular weight is 317 g/mol. The third-order valence-corrected chi connectivity index (χ3v) is 3.88. The van der Waals surface area contributed by atoms with Crippen molar-refractivity contribution in [1.29, 1.82) is 0 Å². The van der Waals surface area contributed by atoms with Crippen LogP contribution in [-0.4, -0.2) is 21.2 Å². The first-order valence-electron chi connectivity index (χ1n) is 4.66. The molecule has 0 aliphatic carbocycles. The van der Waals surface area contributed by atoms with Crippen molar-refractivity contribution in [1.82, 2.24) is 0 Å². The Morgan fingerprint density at radius 3 is 2.47 bits per heavy atom. The largest absolute Gasteiger partial charge is 0.489 e. The highest BCUT2D eigenvalue weighted by molar-refractivity contribution is 9.10. The molecule has 0 bridgehead atoms. The Morgan fingerprint density at radius 1 is 1.29 bits per heavy atom.